The second kappa shape index (κ2) is 6.80. The molecule has 6 heteroatoms. The van der Waals surface area contributed by atoms with E-state index in [-0.39, 0.29) is 24.2 Å². The van der Waals surface area contributed by atoms with Gasteiger partial charge in [0.15, 0.2) is 0 Å². The van der Waals surface area contributed by atoms with Crippen LogP contribution in [0.1, 0.15) is 35.2 Å². The van der Waals surface area contributed by atoms with Gasteiger partial charge in [0, 0.05) is 24.3 Å². The lowest BCUT2D eigenvalue weighted by molar-refractivity contribution is -0.122. The molecular weight excluding hydrogens is 290 g/mol. The fraction of sp³-hybridized carbons (Fsp3) is 0.467. The molecule has 0 bridgehead atoms. The van der Waals surface area contributed by atoms with E-state index in [1.165, 1.54) is 5.56 Å². The first-order chi connectivity index (χ1) is 9.74. The molecule has 114 valence electrons. The van der Waals surface area contributed by atoms with Crippen LogP contribution in [0, 0.1) is 0 Å². The molecule has 1 aromatic rings. The Hall–Kier alpha value is -1.75. The van der Waals surface area contributed by atoms with Crippen molar-refractivity contribution in [3.63, 3.8) is 0 Å². The number of carbonyl (C=O) groups is 2. The van der Waals surface area contributed by atoms with Crippen LogP contribution in [0.4, 0.5) is 5.69 Å². The molecule has 21 heavy (non-hydrogen) atoms. The molecule has 5 nitrogen and oxygen atoms in total. The molecule has 2 amide bonds. The lowest BCUT2D eigenvalue weighted by Gasteiger charge is -2.15. The summed E-state index contributed by atoms with van der Waals surface area (Å²) in [6.07, 6.45) is 3.59. The quantitative estimate of drug-likeness (QED) is 0.775. The maximum atomic E-state index is 12.3. The molecule has 0 aromatic heterocycles. The zero-order valence-electron chi connectivity index (χ0n) is 11.8. The minimum Gasteiger partial charge on any atom is -0.384 e. The molecule has 0 aliphatic carbocycles. The van der Waals surface area contributed by atoms with Crippen LogP contribution in [0.15, 0.2) is 18.2 Å². The highest BCUT2D eigenvalue weighted by Gasteiger charge is 2.23. The first kappa shape index (κ1) is 15.6. The Labute approximate surface area is 130 Å². The number of anilines is 1. The van der Waals surface area contributed by atoms with E-state index in [0.717, 1.165) is 31.5 Å². The van der Waals surface area contributed by atoms with E-state index in [0.29, 0.717) is 18.5 Å². The van der Waals surface area contributed by atoms with Crippen molar-refractivity contribution >= 4 is 29.9 Å². The Bertz CT molecular complexity index is 548. The fourth-order valence-corrected chi connectivity index (χ4v) is 2.76. The van der Waals surface area contributed by atoms with Crippen molar-refractivity contribution < 1.29 is 9.59 Å². The topological polar surface area (TPSA) is 70.2 Å². The van der Waals surface area contributed by atoms with E-state index in [4.69, 9.17) is 0 Å². The standard InChI is InChI=1S/C15H19N3O2.ClH/c19-14(18-13-3-1-2-7-17-15(13)20)11-4-5-12-10(9-11)6-8-16-12;/h4-5,9,13,16H,1-3,6-8H2,(H,17,20)(H,18,19);1H. The molecule has 0 radical (unpaired) electrons. The summed E-state index contributed by atoms with van der Waals surface area (Å²) in [6.45, 7) is 1.63. The van der Waals surface area contributed by atoms with Crippen molar-refractivity contribution in [2.45, 2.75) is 31.7 Å². The van der Waals surface area contributed by atoms with Gasteiger partial charge in [-0.15, -0.1) is 12.4 Å². The van der Waals surface area contributed by atoms with Crippen molar-refractivity contribution in [2.75, 3.05) is 18.4 Å². The first-order valence-corrected chi connectivity index (χ1v) is 7.19. The third-order valence-corrected chi connectivity index (χ3v) is 3.92. The molecule has 0 spiro atoms. The van der Waals surface area contributed by atoms with Gasteiger partial charge in [-0.25, -0.2) is 0 Å². The molecule has 1 saturated heterocycles. The molecule has 3 rings (SSSR count). The van der Waals surface area contributed by atoms with Gasteiger partial charge in [-0.2, -0.15) is 0 Å². The van der Waals surface area contributed by atoms with Gasteiger partial charge in [-0.05, 0) is 49.4 Å². The van der Waals surface area contributed by atoms with E-state index >= 15 is 0 Å². The zero-order valence-corrected chi connectivity index (χ0v) is 12.6. The van der Waals surface area contributed by atoms with Crippen molar-refractivity contribution in [3.8, 4) is 0 Å². The maximum Gasteiger partial charge on any atom is 0.251 e. The monoisotopic (exact) mass is 309 g/mol. The first-order valence-electron chi connectivity index (χ1n) is 7.19. The average molecular weight is 310 g/mol. The van der Waals surface area contributed by atoms with E-state index < -0.39 is 6.04 Å². The maximum absolute atomic E-state index is 12.3. The summed E-state index contributed by atoms with van der Waals surface area (Å²) >= 11 is 0. The predicted molar refractivity (Wildman–Crippen MR) is 84.0 cm³/mol. The molecule has 1 atom stereocenters. The SMILES string of the molecule is Cl.O=C(NC1CCCCNC1=O)c1ccc2c(c1)CCN2. The molecule has 1 unspecified atom stereocenters. The molecule has 3 N–H and O–H groups in total. The van der Waals surface area contributed by atoms with Gasteiger partial charge in [0.05, 0.1) is 0 Å². The number of hydrogen-bond donors (Lipinski definition) is 3. The second-order valence-electron chi connectivity index (χ2n) is 5.36. The van der Waals surface area contributed by atoms with Crippen LogP contribution in [0.5, 0.6) is 0 Å². The lowest BCUT2D eigenvalue weighted by Crippen LogP contribution is -2.45. The Kier molecular flexibility index (Phi) is 5.07. The highest BCUT2D eigenvalue weighted by molar-refractivity contribution is 5.98. The largest absolute Gasteiger partial charge is 0.384 e. The molecule has 0 saturated carbocycles. The summed E-state index contributed by atoms with van der Waals surface area (Å²) in [4.78, 5) is 24.1. The lowest BCUT2D eigenvalue weighted by atomic mass is 10.1. The number of carbonyl (C=O) groups excluding carboxylic acids is 2. The molecule has 1 fully saturated rings. The number of amides is 2. The summed E-state index contributed by atoms with van der Waals surface area (Å²) in [7, 11) is 0. The summed E-state index contributed by atoms with van der Waals surface area (Å²) in [6, 6.07) is 5.25. The smallest absolute Gasteiger partial charge is 0.251 e. The predicted octanol–water partition coefficient (Wildman–Crippen LogP) is 1.47. The van der Waals surface area contributed by atoms with Crippen LogP contribution >= 0.6 is 12.4 Å². The highest BCUT2D eigenvalue weighted by Crippen LogP contribution is 2.23. The summed E-state index contributed by atoms with van der Waals surface area (Å²) < 4.78 is 0. The van der Waals surface area contributed by atoms with Crippen LogP contribution in [-0.4, -0.2) is 30.9 Å². The minimum absolute atomic E-state index is 0. The summed E-state index contributed by atoms with van der Waals surface area (Å²) in [5.41, 5.74) is 2.90. The van der Waals surface area contributed by atoms with E-state index in [9.17, 15) is 9.59 Å². The normalized spacial score (nSPS) is 20.4. The van der Waals surface area contributed by atoms with Gasteiger partial charge in [0.1, 0.15) is 6.04 Å². The zero-order chi connectivity index (χ0) is 13.9. The molecule has 2 aliphatic heterocycles. The van der Waals surface area contributed by atoms with Crippen LogP contribution in [0.25, 0.3) is 0 Å². The number of fused-ring (bicyclic) bond motifs is 1. The molecule has 2 heterocycles. The van der Waals surface area contributed by atoms with E-state index in [2.05, 4.69) is 16.0 Å². The van der Waals surface area contributed by atoms with E-state index in [1.54, 1.807) is 6.07 Å². The van der Waals surface area contributed by atoms with Crippen molar-refractivity contribution in [1.29, 1.82) is 0 Å². The third-order valence-electron chi connectivity index (χ3n) is 3.92. The number of rotatable bonds is 2. The van der Waals surface area contributed by atoms with Crippen molar-refractivity contribution in [2.24, 2.45) is 0 Å². The fourth-order valence-electron chi connectivity index (χ4n) is 2.76. The van der Waals surface area contributed by atoms with Gasteiger partial charge < -0.3 is 16.0 Å². The van der Waals surface area contributed by atoms with Gasteiger partial charge in [-0.1, -0.05) is 0 Å². The molecule has 2 aliphatic rings. The Morgan fingerprint density at radius 2 is 2.05 bits per heavy atom. The Morgan fingerprint density at radius 1 is 1.19 bits per heavy atom. The van der Waals surface area contributed by atoms with Crippen LogP contribution in [0.3, 0.4) is 0 Å². The van der Waals surface area contributed by atoms with Crippen LogP contribution < -0.4 is 16.0 Å². The van der Waals surface area contributed by atoms with Crippen LogP contribution in [0.2, 0.25) is 0 Å². The number of hydrogen-bond acceptors (Lipinski definition) is 3. The highest BCUT2D eigenvalue weighted by atomic mass is 35.5. The van der Waals surface area contributed by atoms with Crippen molar-refractivity contribution in [1.82, 2.24) is 10.6 Å². The number of halogens is 1. The summed E-state index contributed by atoms with van der Waals surface area (Å²) in [5.74, 6) is -0.236. The number of benzene rings is 1. The van der Waals surface area contributed by atoms with Crippen LogP contribution in [-0.2, 0) is 11.2 Å². The van der Waals surface area contributed by atoms with Gasteiger partial charge in [0.2, 0.25) is 5.91 Å². The van der Waals surface area contributed by atoms with Gasteiger partial charge in [0.25, 0.3) is 5.91 Å². The number of nitrogens with one attached hydrogen (secondary N) is 3. The molecule has 1 aromatic carbocycles. The Balaban J connectivity index is 0.00000161. The summed E-state index contributed by atoms with van der Waals surface area (Å²) in [5, 5.41) is 8.94. The molecular formula is C15H20ClN3O2. The van der Waals surface area contributed by atoms with Crippen molar-refractivity contribution in [3.05, 3.63) is 29.3 Å². The van der Waals surface area contributed by atoms with Gasteiger partial charge >= 0.3 is 0 Å². The van der Waals surface area contributed by atoms with E-state index in [1.807, 2.05) is 12.1 Å². The third kappa shape index (κ3) is 3.47. The second-order valence-corrected chi connectivity index (χ2v) is 5.36. The van der Waals surface area contributed by atoms with Gasteiger partial charge in [-0.3, -0.25) is 9.59 Å². The minimum atomic E-state index is -0.406. The Morgan fingerprint density at radius 3 is 2.90 bits per heavy atom. The average Bonchev–Trinajstić information content (AvgIpc) is 2.83.